The molecule has 5 nitrogen and oxygen atoms in total. The second-order valence-electron chi connectivity index (χ2n) is 7.86. The zero-order valence-electron chi connectivity index (χ0n) is 16.6. The highest BCUT2D eigenvalue weighted by atomic mass is 32.2. The van der Waals surface area contributed by atoms with E-state index in [1.807, 2.05) is 25.5 Å². The number of sulfonamides is 1. The van der Waals surface area contributed by atoms with Gasteiger partial charge in [-0.2, -0.15) is 13.2 Å². The standard InChI is InChI=1S/C20H22F3NO4S/c1-11-8-14(19(3,4)5)9-12(2)17(11)29(27,28)24-16-10-13(20(21,22)23)6-7-15(16)18(25)26/h6-10,24H,1-5H3,(H,25,26). The number of rotatable bonds is 4. The number of carbonyl (C=O) groups is 1. The van der Waals surface area contributed by atoms with Crippen LogP contribution in [0.1, 0.15) is 53.4 Å². The van der Waals surface area contributed by atoms with Gasteiger partial charge in [0, 0.05) is 0 Å². The molecule has 0 aliphatic carbocycles. The van der Waals surface area contributed by atoms with Crippen LogP contribution in [0.2, 0.25) is 0 Å². The largest absolute Gasteiger partial charge is 0.478 e. The maximum absolute atomic E-state index is 13.0. The second kappa shape index (κ2) is 7.37. The first-order valence-electron chi connectivity index (χ1n) is 8.63. The van der Waals surface area contributed by atoms with E-state index in [0.29, 0.717) is 23.3 Å². The van der Waals surface area contributed by atoms with Gasteiger partial charge in [0.1, 0.15) is 0 Å². The zero-order valence-corrected chi connectivity index (χ0v) is 17.4. The topological polar surface area (TPSA) is 83.5 Å². The average Bonchev–Trinajstić information content (AvgIpc) is 2.51. The molecule has 9 heteroatoms. The van der Waals surface area contributed by atoms with E-state index in [1.54, 1.807) is 26.0 Å². The molecule has 0 saturated heterocycles. The average molecular weight is 429 g/mol. The minimum atomic E-state index is -4.75. The molecule has 0 heterocycles. The maximum atomic E-state index is 13.0. The Morgan fingerprint density at radius 2 is 1.48 bits per heavy atom. The number of benzene rings is 2. The Labute approximate surface area is 167 Å². The van der Waals surface area contributed by atoms with Crippen molar-refractivity contribution in [3.8, 4) is 0 Å². The van der Waals surface area contributed by atoms with E-state index in [-0.39, 0.29) is 10.3 Å². The van der Waals surface area contributed by atoms with Crippen molar-refractivity contribution in [1.82, 2.24) is 0 Å². The maximum Gasteiger partial charge on any atom is 0.416 e. The van der Waals surface area contributed by atoms with Crippen LogP contribution in [0.5, 0.6) is 0 Å². The summed E-state index contributed by atoms with van der Waals surface area (Å²) < 4.78 is 67.0. The van der Waals surface area contributed by atoms with E-state index in [0.717, 1.165) is 11.6 Å². The molecule has 29 heavy (non-hydrogen) atoms. The quantitative estimate of drug-likeness (QED) is 0.707. The molecule has 0 unspecified atom stereocenters. The molecule has 2 aromatic carbocycles. The summed E-state index contributed by atoms with van der Waals surface area (Å²) in [4.78, 5) is 11.3. The summed E-state index contributed by atoms with van der Waals surface area (Å²) in [6.07, 6.45) is -4.75. The second-order valence-corrected chi connectivity index (χ2v) is 9.48. The van der Waals surface area contributed by atoms with E-state index in [2.05, 4.69) is 0 Å². The lowest BCUT2D eigenvalue weighted by molar-refractivity contribution is -0.137. The van der Waals surface area contributed by atoms with Crippen LogP contribution < -0.4 is 4.72 Å². The van der Waals surface area contributed by atoms with Gasteiger partial charge in [0.2, 0.25) is 0 Å². The molecule has 2 rings (SSSR count). The summed E-state index contributed by atoms with van der Waals surface area (Å²) in [5.41, 5.74) is -0.900. The van der Waals surface area contributed by atoms with E-state index in [4.69, 9.17) is 0 Å². The first-order chi connectivity index (χ1) is 13.0. The number of hydrogen-bond donors (Lipinski definition) is 2. The van der Waals surface area contributed by atoms with Crippen molar-refractivity contribution in [1.29, 1.82) is 0 Å². The van der Waals surface area contributed by atoms with Crippen LogP contribution in [0, 0.1) is 13.8 Å². The minimum absolute atomic E-state index is 0.0979. The smallest absolute Gasteiger partial charge is 0.416 e. The summed E-state index contributed by atoms with van der Waals surface area (Å²) in [6.45, 7) is 9.07. The minimum Gasteiger partial charge on any atom is -0.478 e. The number of aromatic carboxylic acids is 1. The third-order valence-electron chi connectivity index (χ3n) is 4.42. The first-order valence-corrected chi connectivity index (χ1v) is 10.1. The van der Waals surface area contributed by atoms with Crippen molar-refractivity contribution in [2.24, 2.45) is 0 Å². The lowest BCUT2D eigenvalue weighted by Gasteiger charge is -2.22. The third kappa shape index (κ3) is 4.90. The lowest BCUT2D eigenvalue weighted by Crippen LogP contribution is -2.20. The molecule has 0 bridgehead atoms. The highest BCUT2D eigenvalue weighted by molar-refractivity contribution is 7.92. The van der Waals surface area contributed by atoms with Crippen LogP contribution in [0.25, 0.3) is 0 Å². The number of nitrogens with one attached hydrogen (secondary N) is 1. The SMILES string of the molecule is Cc1cc(C(C)(C)C)cc(C)c1S(=O)(=O)Nc1cc(C(F)(F)F)ccc1C(=O)O. The van der Waals surface area contributed by atoms with Crippen LogP contribution in [-0.2, 0) is 21.6 Å². The van der Waals surface area contributed by atoms with Crippen molar-refractivity contribution < 1.29 is 31.5 Å². The number of carboxylic acid groups (broad SMARTS) is 1. The summed E-state index contributed by atoms with van der Waals surface area (Å²) in [5, 5.41) is 9.25. The molecule has 0 saturated carbocycles. The van der Waals surface area contributed by atoms with Crippen molar-refractivity contribution in [2.75, 3.05) is 4.72 Å². The van der Waals surface area contributed by atoms with E-state index < -0.39 is 39.0 Å². The summed E-state index contributed by atoms with van der Waals surface area (Å²) in [5.74, 6) is -1.55. The molecule has 0 spiro atoms. The zero-order chi connectivity index (χ0) is 22.4. The molecule has 0 atom stereocenters. The molecule has 0 amide bonds. The predicted octanol–water partition coefficient (Wildman–Crippen LogP) is 5.12. The Hall–Kier alpha value is -2.55. The molecule has 0 radical (unpaired) electrons. The summed E-state index contributed by atoms with van der Waals surface area (Å²) in [6, 6.07) is 5.20. The highest BCUT2D eigenvalue weighted by Gasteiger charge is 2.32. The van der Waals surface area contributed by atoms with Crippen LogP contribution in [0.15, 0.2) is 35.2 Å². The highest BCUT2D eigenvalue weighted by Crippen LogP contribution is 2.34. The first kappa shape index (κ1) is 22.7. The Morgan fingerprint density at radius 1 is 0.966 bits per heavy atom. The van der Waals surface area contributed by atoms with E-state index >= 15 is 0 Å². The molecule has 0 aliphatic rings. The van der Waals surface area contributed by atoms with Crippen LogP contribution in [0.4, 0.5) is 18.9 Å². The Kier molecular flexibility index (Phi) is 5.77. The molecular weight excluding hydrogens is 407 g/mol. The number of halogens is 3. The lowest BCUT2D eigenvalue weighted by atomic mass is 9.85. The van der Waals surface area contributed by atoms with Gasteiger partial charge in [-0.05, 0) is 54.2 Å². The van der Waals surface area contributed by atoms with E-state index in [9.17, 15) is 31.5 Å². The summed E-state index contributed by atoms with van der Waals surface area (Å²) >= 11 is 0. The van der Waals surface area contributed by atoms with Crippen molar-refractivity contribution in [3.05, 3.63) is 58.1 Å². The normalized spacial score (nSPS) is 12.7. The fraction of sp³-hybridized carbons (Fsp3) is 0.350. The molecule has 0 aromatic heterocycles. The van der Waals surface area contributed by atoms with Gasteiger partial charge in [0.05, 0.1) is 21.7 Å². The third-order valence-corrected chi connectivity index (χ3v) is 6.09. The number of alkyl halides is 3. The molecule has 2 aromatic rings. The number of anilines is 1. The molecule has 2 N–H and O–H groups in total. The molecule has 0 aliphatic heterocycles. The monoisotopic (exact) mass is 429 g/mol. The van der Waals surface area contributed by atoms with Gasteiger partial charge in [-0.1, -0.05) is 32.9 Å². The number of carboxylic acids is 1. The van der Waals surface area contributed by atoms with Gasteiger partial charge in [-0.3, -0.25) is 4.72 Å². The van der Waals surface area contributed by atoms with Crippen molar-refractivity contribution >= 4 is 21.7 Å². The molecular formula is C20H22F3NO4S. The fourth-order valence-corrected chi connectivity index (χ4v) is 4.52. The van der Waals surface area contributed by atoms with Crippen LogP contribution in [0.3, 0.4) is 0 Å². The van der Waals surface area contributed by atoms with Gasteiger partial charge < -0.3 is 5.11 Å². The Bertz CT molecular complexity index is 1050. The molecule has 0 fully saturated rings. The van der Waals surface area contributed by atoms with Gasteiger partial charge in [0.15, 0.2) is 0 Å². The van der Waals surface area contributed by atoms with Gasteiger partial charge in [-0.15, -0.1) is 0 Å². The van der Waals surface area contributed by atoms with Crippen molar-refractivity contribution in [2.45, 2.75) is 51.1 Å². The van der Waals surface area contributed by atoms with Crippen molar-refractivity contribution in [3.63, 3.8) is 0 Å². The molecule has 158 valence electrons. The van der Waals surface area contributed by atoms with Gasteiger partial charge in [-0.25, -0.2) is 13.2 Å². The fourth-order valence-electron chi connectivity index (χ4n) is 2.99. The Balaban J connectivity index is 2.61. The van der Waals surface area contributed by atoms with Crippen LogP contribution >= 0.6 is 0 Å². The summed E-state index contributed by atoms with van der Waals surface area (Å²) in [7, 11) is -4.34. The predicted molar refractivity (Wildman–Crippen MR) is 104 cm³/mol. The van der Waals surface area contributed by atoms with Gasteiger partial charge in [0.25, 0.3) is 10.0 Å². The number of hydrogen-bond acceptors (Lipinski definition) is 3. The Morgan fingerprint density at radius 3 is 1.90 bits per heavy atom. The van der Waals surface area contributed by atoms with E-state index in [1.165, 1.54) is 0 Å². The number of aryl methyl sites for hydroxylation is 2. The van der Waals surface area contributed by atoms with Gasteiger partial charge >= 0.3 is 12.1 Å². The van der Waals surface area contributed by atoms with Crippen LogP contribution in [-0.4, -0.2) is 19.5 Å².